The molecule has 254 valence electrons. The maximum absolute atomic E-state index is 9.30. The molecular weight excluding hydrogens is 663 g/mol. The van der Waals surface area contributed by atoms with E-state index in [-0.39, 0.29) is 0 Å². The lowest BCUT2D eigenvalue weighted by atomic mass is 9.88. The van der Waals surface area contributed by atoms with E-state index in [1.54, 1.807) is 0 Å². The fraction of sp³-hybridized carbons (Fsp3) is 0. The lowest BCUT2D eigenvalue weighted by Crippen LogP contribution is -2.18. The molecule has 0 atom stereocenters. The SMILES string of the molecule is N=C1/C(=N\Nc2ccccc2)C=Cc2ccc3ccc(-c4nc(-c5ccc6oc7ccccc7c6c5)cc(-c5ccccc5-c5ccccc5)n4)cc3c21. The van der Waals surface area contributed by atoms with Crippen LogP contribution in [0.1, 0.15) is 11.1 Å². The van der Waals surface area contributed by atoms with Gasteiger partial charge in [0, 0.05) is 33.0 Å². The number of allylic oxidation sites excluding steroid dienone is 1. The number of hydrogen-bond donors (Lipinski definition) is 2. The van der Waals surface area contributed by atoms with Crippen LogP contribution in [0.15, 0.2) is 179 Å². The Labute approximate surface area is 311 Å². The topological polar surface area (TPSA) is 87.2 Å². The van der Waals surface area contributed by atoms with E-state index >= 15 is 0 Å². The second kappa shape index (κ2) is 13.0. The second-order valence-corrected chi connectivity index (χ2v) is 13.3. The molecule has 10 rings (SSSR count). The van der Waals surface area contributed by atoms with Crippen molar-refractivity contribution < 1.29 is 4.42 Å². The molecule has 6 heteroatoms. The van der Waals surface area contributed by atoms with Crippen LogP contribution in [-0.4, -0.2) is 21.4 Å². The molecular formula is C48H31N5O. The van der Waals surface area contributed by atoms with Gasteiger partial charge in [-0.05, 0) is 82.1 Å². The molecule has 0 saturated carbocycles. The van der Waals surface area contributed by atoms with E-state index in [0.717, 1.165) is 88.7 Å². The number of furan rings is 1. The van der Waals surface area contributed by atoms with Gasteiger partial charge in [-0.15, -0.1) is 0 Å². The molecule has 0 unspecified atom stereocenters. The Morgan fingerprint density at radius 1 is 0.519 bits per heavy atom. The van der Waals surface area contributed by atoms with Crippen LogP contribution in [-0.2, 0) is 0 Å². The smallest absolute Gasteiger partial charge is 0.160 e. The van der Waals surface area contributed by atoms with E-state index in [1.807, 2.05) is 72.8 Å². The summed E-state index contributed by atoms with van der Waals surface area (Å²) in [6.45, 7) is 0. The first-order chi connectivity index (χ1) is 26.7. The first-order valence-electron chi connectivity index (χ1n) is 17.9. The van der Waals surface area contributed by atoms with Crippen molar-refractivity contribution in [3.05, 3.63) is 181 Å². The quantitative estimate of drug-likeness (QED) is 0.170. The fourth-order valence-corrected chi connectivity index (χ4v) is 7.33. The molecule has 1 aliphatic rings. The number of anilines is 1. The second-order valence-electron chi connectivity index (χ2n) is 13.3. The molecule has 2 aromatic heterocycles. The molecule has 2 N–H and O–H groups in total. The van der Waals surface area contributed by atoms with Gasteiger partial charge in [0.1, 0.15) is 16.9 Å². The highest BCUT2D eigenvalue weighted by molar-refractivity contribution is 6.55. The summed E-state index contributed by atoms with van der Waals surface area (Å²) in [4.78, 5) is 10.5. The minimum absolute atomic E-state index is 0.353. The Hall–Kier alpha value is -7.44. The van der Waals surface area contributed by atoms with Crippen LogP contribution in [0.2, 0.25) is 0 Å². The van der Waals surface area contributed by atoms with Crippen molar-refractivity contribution in [2.45, 2.75) is 0 Å². The average molecular weight is 694 g/mol. The first-order valence-corrected chi connectivity index (χ1v) is 17.9. The molecule has 0 spiro atoms. The molecule has 1 aliphatic carbocycles. The highest BCUT2D eigenvalue weighted by Crippen LogP contribution is 2.37. The third-order valence-corrected chi connectivity index (χ3v) is 10.0. The molecule has 0 radical (unpaired) electrons. The van der Waals surface area contributed by atoms with Gasteiger partial charge in [0.15, 0.2) is 5.82 Å². The highest BCUT2D eigenvalue weighted by atomic mass is 16.3. The van der Waals surface area contributed by atoms with Crippen molar-refractivity contribution >= 4 is 55.9 Å². The zero-order chi connectivity index (χ0) is 36.0. The van der Waals surface area contributed by atoms with Gasteiger partial charge >= 0.3 is 0 Å². The summed E-state index contributed by atoms with van der Waals surface area (Å²) in [5.74, 6) is 0.597. The summed E-state index contributed by atoms with van der Waals surface area (Å²) >= 11 is 0. The molecule has 0 aliphatic heterocycles. The van der Waals surface area contributed by atoms with E-state index in [9.17, 15) is 5.41 Å². The molecule has 0 saturated heterocycles. The number of rotatable bonds is 6. The van der Waals surface area contributed by atoms with Gasteiger partial charge < -0.3 is 4.42 Å². The van der Waals surface area contributed by atoms with E-state index in [1.165, 1.54) is 0 Å². The molecule has 0 fully saturated rings. The number of para-hydroxylation sites is 2. The molecule has 9 aromatic rings. The van der Waals surface area contributed by atoms with Crippen molar-refractivity contribution in [3.63, 3.8) is 0 Å². The minimum Gasteiger partial charge on any atom is -0.456 e. The van der Waals surface area contributed by atoms with Gasteiger partial charge in [0.05, 0.1) is 22.8 Å². The predicted molar refractivity (Wildman–Crippen MR) is 222 cm³/mol. The van der Waals surface area contributed by atoms with Crippen molar-refractivity contribution in [2.75, 3.05) is 5.43 Å². The van der Waals surface area contributed by atoms with Crippen LogP contribution in [0.3, 0.4) is 0 Å². The van der Waals surface area contributed by atoms with Crippen LogP contribution in [0, 0.1) is 5.41 Å². The summed E-state index contributed by atoms with van der Waals surface area (Å²) in [6.07, 6.45) is 3.91. The van der Waals surface area contributed by atoms with Gasteiger partial charge in [-0.2, -0.15) is 5.10 Å². The lowest BCUT2D eigenvalue weighted by molar-refractivity contribution is 0.669. The Bertz CT molecular complexity index is 2980. The zero-order valence-corrected chi connectivity index (χ0v) is 29.0. The lowest BCUT2D eigenvalue weighted by Gasteiger charge is -2.17. The van der Waals surface area contributed by atoms with Crippen LogP contribution in [0.25, 0.3) is 83.8 Å². The first kappa shape index (κ1) is 31.3. The molecule has 0 amide bonds. The van der Waals surface area contributed by atoms with Crippen molar-refractivity contribution in [1.82, 2.24) is 9.97 Å². The summed E-state index contributed by atoms with van der Waals surface area (Å²) in [5, 5.41) is 18.0. The zero-order valence-electron chi connectivity index (χ0n) is 29.0. The molecule has 0 bridgehead atoms. The highest BCUT2D eigenvalue weighted by Gasteiger charge is 2.21. The van der Waals surface area contributed by atoms with Crippen LogP contribution in [0.5, 0.6) is 0 Å². The third-order valence-electron chi connectivity index (χ3n) is 10.0. The Morgan fingerprint density at radius 3 is 2.07 bits per heavy atom. The molecule has 7 aromatic carbocycles. The monoisotopic (exact) mass is 693 g/mol. The summed E-state index contributed by atoms with van der Waals surface area (Å²) < 4.78 is 6.17. The third kappa shape index (κ3) is 5.54. The Balaban J connectivity index is 1.14. The van der Waals surface area contributed by atoms with Crippen LogP contribution >= 0.6 is 0 Å². The average Bonchev–Trinajstić information content (AvgIpc) is 3.61. The Kier molecular flexibility index (Phi) is 7.51. The number of aromatic nitrogens is 2. The largest absolute Gasteiger partial charge is 0.456 e. The minimum atomic E-state index is 0.353. The van der Waals surface area contributed by atoms with Crippen molar-refractivity contribution in [3.8, 4) is 45.0 Å². The number of hydrogen-bond acceptors (Lipinski definition) is 6. The summed E-state index contributed by atoms with van der Waals surface area (Å²) in [6, 6.07) is 55.5. The summed E-state index contributed by atoms with van der Waals surface area (Å²) in [7, 11) is 0. The van der Waals surface area contributed by atoms with Crippen LogP contribution < -0.4 is 5.43 Å². The van der Waals surface area contributed by atoms with Gasteiger partial charge in [-0.25, -0.2) is 9.97 Å². The maximum atomic E-state index is 9.30. The van der Waals surface area contributed by atoms with E-state index in [2.05, 4.69) is 114 Å². The van der Waals surface area contributed by atoms with E-state index in [0.29, 0.717) is 17.2 Å². The van der Waals surface area contributed by atoms with Crippen molar-refractivity contribution in [2.24, 2.45) is 5.10 Å². The van der Waals surface area contributed by atoms with Gasteiger partial charge in [-0.1, -0.05) is 121 Å². The molecule has 54 heavy (non-hydrogen) atoms. The Morgan fingerprint density at radius 2 is 1.20 bits per heavy atom. The van der Waals surface area contributed by atoms with Gasteiger partial charge in [0.25, 0.3) is 0 Å². The summed E-state index contributed by atoms with van der Waals surface area (Å²) in [5.41, 5.74) is 15.0. The van der Waals surface area contributed by atoms with Gasteiger partial charge in [0.2, 0.25) is 0 Å². The number of hydrazone groups is 1. The standard InChI is InChI=1S/C48H31N5O/c49-47-41(53-52-35-13-5-2-6-14-35)25-23-32-21-19-31-20-22-34(28-39(31)46(32)47)48-50-42(33-24-26-45-40(27-33)38-17-9-10-18-44(38)54-45)29-43(51-48)37-16-8-7-15-36(37)30-11-3-1-4-12-30/h1-29,49,52H/b49-47?,53-41-. The van der Waals surface area contributed by atoms with Gasteiger partial charge in [-0.3, -0.25) is 10.8 Å². The molecule has 6 nitrogen and oxygen atoms in total. The number of fused-ring (bicyclic) bond motifs is 6. The number of nitrogens with zero attached hydrogens (tertiary/aromatic N) is 3. The van der Waals surface area contributed by atoms with E-state index in [4.69, 9.17) is 14.4 Å². The fourth-order valence-electron chi connectivity index (χ4n) is 7.33. The number of nitrogens with one attached hydrogen (secondary N) is 2. The van der Waals surface area contributed by atoms with Crippen LogP contribution in [0.4, 0.5) is 5.69 Å². The number of benzene rings is 7. The van der Waals surface area contributed by atoms with Crippen molar-refractivity contribution in [1.29, 1.82) is 5.41 Å². The molecule has 2 heterocycles. The van der Waals surface area contributed by atoms with E-state index < -0.39 is 0 Å². The normalized spacial score (nSPS) is 13.2. The maximum Gasteiger partial charge on any atom is 0.160 e. The predicted octanol–water partition coefficient (Wildman–Crippen LogP) is 12.1.